The normalized spacial score (nSPS) is 14.2. The van der Waals surface area contributed by atoms with Crippen LogP contribution in [0.3, 0.4) is 0 Å². The van der Waals surface area contributed by atoms with Crippen LogP contribution in [0.5, 0.6) is 0 Å². The minimum Gasteiger partial charge on any atom is -0.756 e. The highest BCUT2D eigenvalue weighted by atomic mass is 31.2. The van der Waals surface area contributed by atoms with E-state index in [2.05, 4.69) is 50.3 Å². The number of quaternary nitrogens is 1. The zero-order valence-electron chi connectivity index (χ0n) is 35.2. The van der Waals surface area contributed by atoms with E-state index in [9.17, 15) is 14.3 Å². The average molecular weight is 770 g/mol. The molecule has 0 spiro atoms. The number of nitrogens with zero attached hydrogens (tertiary/aromatic N) is 1. The van der Waals surface area contributed by atoms with Crippen LogP contribution in [0.25, 0.3) is 0 Å². The Morgan fingerprint density at radius 1 is 0.585 bits per heavy atom. The first-order chi connectivity index (χ1) is 25.6. The van der Waals surface area contributed by atoms with Crippen molar-refractivity contribution in [1.82, 2.24) is 0 Å². The first-order valence-corrected chi connectivity index (χ1v) is 23.2. The van der Waals surface area contributed by atoms with E-state index in [1.165, 1.54) is 116 Å². The third kappa shape index (κ3) is 41.7. The largest absolute Gasteiger partial charge is 0.756 e. The summed E-state index contributed by atoms with van der Waals surface area (Å²) in [5, 5.41) is 0. The lowest BCUT2D eigenvalue weighted by Crippen LogP contribution is -2.37. The van der Waals surface area contributed by atoms with Crippen LogP contribution >= 0.6 is 7.82 Å². The minimum atomic E-state index is -4.52. The number of hydrogen-bond acceptors (Lipinski definition) is 7. The van der Waals surface area contributed by atoms with E-state index >= 15 is 0 Å². The fourth-order valence-electron chi connectivity index (χ4n) is 5.75. The lowest BCUT2D eigenvalue weighted by Gasteiger charge is -2.28. The third-order valence-electron chi connectivity index (χ3n) is 9.16. The standard InChI is InChI=1S/C44H84NO7P/c1-6-8-10-12-14-16-18-20-21-22-23-24-25-27-29-31-33-35-37-44(46)52-43(42-51-53(47,48)50-40-38-45(3,4)5)41-49-39-36-34-32-30-28-26-19-17-15-13-11-9-7-2/h15-18,21-22,43H,6-14,19-20,23-42H2,1-5H3/b17-15-,18-16-,22-21-. The van der Waals surface area contributed by atoms with Crippen molar-refractivity contribution < 1.29 is 37.3 Å². The van der Waals surface area contributed by atoms with E-state index in [0.29, 0.717) is 24.1 Å². The predicted molar refractivity (Wildman–Crippen MR) is 222 cm³/mol. The Morgan fingerprint density at radius 2 is 1.04 bits per heavy atom. The zero-order chi connectivity index (χ0) is 39.1. The van der Waals surface area contributed by atoms with Gasteiger partial charge >= 0.3 is 5.97 Å². The van der Waals surface area contributed by atoms with Crippen LogP contribution in [0.1, 0.15) is 181 Å². The van der Waals surface area contributed by atoms with Gasteiger partial charge in [-0.2, -0.15) is 0 Å². The Labute approximate surface area is 327 Å². The van der Waals surface area contributed by atoms with Gasteiger partial charge in [0, 0.05) is 13.0 Å². The second kappa shape index (κ2) is 37.6. The molecule has 0 bridgehead atoms. The quantitative estimate of drug-likeness (QED) is 0.0201. The molecular weight excluding hydrogens is 685 g/mol. The van der Waals surface area contributed by atoms with E-state index in [-0.39, 0.29) is 25.8 Å². The van der Waals surface area contributed by atoms with E-state index in [4.69, 9.17) is 18.5 Å². The van der Waals surface area contributed by atoms with Crippen LogP contribution in [0.15, 0.2) is 36.5 Å². The topological polar surface area (TPSA) is 94.1 Å². The molecular formula is C44H84NO7P. The van der Waals surface area contributed by atoms with Crippen molar-refractivity contribution in [2.24, 2.45) is 0 Å². The van der Waals surface area contributed by atoms with Crippen LogP contribution < -0.4 is 4.89 Å². The van der Waals surface area contributed by atoms with Gasteiger partial charge in [-0.05, 0) is 70.6 Å². The highest BCUT2D eigenvalue weighted by Crippen LogP contribution is 2.38. The number of rotatable bonds is 40. The molecule has 0 heterocycles. The number of hydrogen-bond donors (Lipinski definition) is 0. The van der Waals surface area contributed by atoms with Crippen molar-refractivity contribution in [3.63, 3.8) is 0 Å². The molecule has 0 aliphatic rings. The predicted octanol–water partition coefficient (Wildman–Crippen LogP) is 12.0. The van der Waals surface area contributed by atoms with Crippen molar-refractivity contribution in [2.75, 3.05) is 54.1 Å². The van der Waals surface area contributed by atoms with Crippen molar-refractivity contribution >= 4 is 13.8 Å². The molecule has 0 aromatic heterocycles. The molecule has 8 nitrogen and oxygen atoms in total. The number of phosphoric ester groups is 1. The molecule has 0 aliphatic carbocycles. The maximum Gasteiger partial charge on any atom is 0.306 e. The van der Waals surface area contributed by atoms with Gasteiger partial charge in [0.1, 0.15) is 19.3 Å². The first-order valence-electron chi connectivity index (χ1n) is 21.7. The summed E-state index contributed by atoms with van der Waals surface area (Å²) in [5.41, 5.74) is 0. The second-order valence-corrected chi connectivity index (χ2v) is 17.1. The lowest BCUT2D eigenvalue weighted by atomic mass is 10.1. The highest BCUT2D eigenvalue weighted by molar-refractivity contribution is 7.45. The zero-order valence-corrected chi connectivity index (χ0v) is 36.1. The molecule has 312 valence electrons. The summed E-state index contributed by atoms with van der Waals surface area (Å²) in [6.45, 7) is 5.35. The summed E-state index contributed by atoms with van der Waals surface area (Å²) in [4.78, 5) is 25.0. The maximum absolute atomic E-state index is 12.7. The molecule has 2 unspecified atom stereocenters. The Morgan fingerprint density at radius 3 is 1.58 bits per heavy atom. The lowest BCUT2D eigenvalue weighted by molar-refractivity contribution is -0.870. The molecule has 0 radical (unpaired) electrons. The summed E-state index contributed by atoms with van der Waals surface area (Å²) in [7, 11) is 1.35. The van der Waals surface area contributed by atoms with Crippen LogP contribution in [-0.4, -0.2) is 70.7 Å². The average Bonchev–Trinajstić information content (AvgIpc) is 3.11. The Balaban J connectivity index is 4.25. The van der Waals surface area contributed by atoms with Crippen LogP contribution in [-0.2, 0) is 27.9 Å². The number of allylic oxidation sites excluding steroid dienone is 6. The number of esters is 1. The molecule has 0 aromatic rings. The number of phosphoric acid groups is 1. The van der Waals surface area contributed by atoms with Crippen molar-refractivity contribution in [3.05, 3.63) is 36.5 Å². The maximum atomic E-state index is 12.7. The minimum absolute atomic E-state index is 0.0230. The molecule has 2 atom stereocenters. The molecule has 0 saturated heterocycles. The molecule has 53 heavy (non-hydrogen) atoms. The molecule has 0 aromatic carbocycles. The summed E-state index contributed by atoms with van der Waals surface area (Å²) < 4.78 is 34.5. The fourth-order valence-corrected chi connectivity index (χ4v) is 6.47. The highest BCUT2D eigenvalue weighted by Gasteiger charge is 2.20. The molecule has 0 amide bonds. The van der Waals surface area contributed by atoms with Crippen molar-refractivity contribution in [2.45, 2.75) is 187 Å². The van der Waals surface area contributed by atoms with E-state index in [0.717, 1.165) is 44.9 Å². The Hall–Kier alpha value is -1.28. The van der Waals surface area contributed by atoms with Gasteiger partial charge in [0.25, 0.3) is 7.82 Å². The van der Waals surface area contributed by atoms with Crippen molar-refractivity contribution in [1.29, 1.82) is 0 Å². The van der Waals surface area contributed by atoms with Crippen molar-refractivity contribution in [3.8, 4) is 0 Å². The van der Waals surface area contributed by atoms with Gasteiger partial charge in [-0.15, -0.1) is 0 Å². The van der Waals surface area contributed by atoms with Crippen LogP contribution in [0.2, 0.25) is 0 Å². The number of ether oxygens (including phenoxy) is 2. The molecule has 9 heteroatoms. The smallest absolute Gasteiger partial charge is 0.306 e. The number of likely N-dealkylation sites (N-methyl/N-ethyl adjacent to an activating group) is 1. The number of unbranched alkanes of at least 4 members (excludes halogenated alkanes) is 20. The third-order valence-corrected chi connectivity index (χ3v) is 10.1. The van der Waals surface area contributed by atoms with Gasteiger partial charge in [-0.25, -0.2) is 0 Å². The van der Waals surface area contributed by atoms with Gasteiger partial charge in [0.15, 0.2) is 0 Å². The number of carbonyl (C=O) groups excluding carboxylic acids is 1. The van der Waals surface area contributed by atoms with Gasteiger partial charge in [-0.3, -0.25) is 9.36 Å². The molecule has 0 aliphatic heterocycles. The van der Waals surface area contributed by atoms with E-state index in [1.807, 2.05) is 21.1 Å². The Kier molecular flexibility index (Phi) is 36.7. The van der Waals surface area contributed by atoms with E-state index < -0.39 is 13.9 Å². The SMILES string of the molecule is CCCCC/C=C\CCCCCCCCOCC(COP(=O)([O-])OCC[N+](C)(C)C)OC(=O)CCCCCCCCC/C=C\C/C=C\CCCCCC. The van der Waals surface area contributed by atoms with E-state index in [1.54, 1.807) is 0 Å². The fraction of sp³-hybridized carbons (Fsp3) is 0.841. The van der Waals surface area contributed by atoms with Crippen LogP contribution in [0.4, 0.5) is 0 Å². The van der Waals surface area contributed by atoms with Gasteiger partial charge < -0.3 is 27.9 Å². The summed E-state index contributed by atoms with van der Waals surface area (Å²) in [6.07, 6.45) is 42.9. The molecule has 0 fully saturated rings. The van der Waals surface area contributed by atoms with Crippen LogP contribution in [0, 0.1) is 0 Å². The Bertz CT molecular complexity index is 947. The number of carbonyl (C=O) groups is 1. The molecule has 0 saturated carbocycles. The van der Waals surface area contributed by atoms with Gasteiger partial charge in [0.05, 0.1) is 34.4 Å². The summed E-state index contributed by atoms with van der Waals surface area (Å²) >= 11 is 0. The monoisotopic (exact) mass is 770 g/mol. The van der Waals surface area contributed by atoms with Gasteiger partial charge in [0.2, 0.25) is 0 Å². The second-order valence-electron chi connectivity index (χ2n) is 15.7. The molecule has 0 N–H and O–H groups in total. The van der Waals surface area contributed by atoms with Gasteiger partial charge in [-0.1, -0.05) is 140 Å². The summed E-state index contributed by atoms with van der Waals surface area (Å²) in [6, 6.07) is 0. The first kappa shape index (κ1) is 51.7. The summed E-state index contributed by atoms with van der Waals surface area (Å²) in [5.74, 6) is -0.345. The molecule has 0 rings (SSSR count).